The predicted octanol–water partition coefficient (Wildman–Crippen LogP) is 5.73. The van der Waals surface area contributed by atoms with Gasteiger partial charge >= 0.3 is 0 Å². The Morgan fingerprint density at radius 1 is 1.03 bits per heavy atom. The molecule has 2 aromatic carbocycles. The van der Waals surface area contributed by atoms with E-state index in [2.05, 4.69) is 34.1 Å². The summed E-state index contributed by atoms with van der Waals surface area (Å²) in [4.78, 5) is 19.8. The van der Waals surface area contributed by atoms with E-state index in [1.54, 1.807) is 0 Å². The minimum atomic E-state index is 0.178. The summed E-state index contributed by atoms with van der Waals surface area (Å²) in [5.41, 5.74) is 3.13. The first kappa shape index (κ1) is 19.4. The van der Waals surface area contributed by atoms with Gasteiger partial charge in [0, 0.05) is 24.9 Å². The molecule has 1 aliphatic heterocycles. The molecule has 3 aromatic rings. The zero-order valence-corrected chi connectivity index (χ0v) is 17.0. The molecule has 0 saturated carbocycles. The molecule has 2 heterocycles. The fourth-order valence-electron chi connectivity index (χ4n) is 4.20. The third-order valence-corrected chi connectivity index (χ3v) is 5.69. The van der Waals surface area contributed by atoms with Crippen molar-refractivity contribution < 1.29 is 9.21 Å². The van der Waals surface area contributed by atoms with Crippen LogP contribution >= 0.6 is 0 Å². The monoisotopic (exact) mass is 388 g/mol. The quantitative estimate of drug-likeness (QED) is 0.561. The van der Waals surface area contributed by atoms with Gasteiger partial charge in [0.2, 0.25) is 5.91 Å². The number of rotatable bonds is 5. The van der Waals surface area contributed by atoms with Gasteiger partial charge in [-0.3, -0.25) is 4.79 Å². The maximum absolute atomic E-state index is 13.1. The summed E-state index contributed by atoms with van der Waals surface area (Å²) in [7, 11) is 0. The minimum absolute atomic E-state index is 0.178. The highest BCUT2D eigenvalue weighted by atomic mass is 16.4. The van der Waals surface area contributed by atoms with Crippen LogP contribution in [-0.4, -0.2) is 22.3 Å². The van der Waals surface area contributed by atoms with E-state index in [1.165, 1.54) is 18.4 Å². The minimum Gasteiger partial charge on any atom is -0.440 e. The Hall–Kier alpha value is -2.88. The van der Waals surface area contributed by atoms with Gasteiger partial charge in [-0.2, -0.15) is 0 Å². The van der Waals surface area contributed by atoms with Crippen molar-refractivity contribution in [2.24, 2.45) is 0 Å². The zero-order chi connectivity index (χ0) is 20.1. The molecule has 0 N–H and O–H groups in total. The molecule has 0 bridgehead atoms. The third kappa shape index (κ3) is 4.58. The second kappa shape index (κ2) is 9.08. The van der Waals surface area contributed by atoms with Gasteiger partial charge in [0.05, 0.1) is 11.7 Å². The summed E-state index contributed by atoms with van der Waals surface area (Å²) in [6.07, 6.45) is 5.43. The maximum atomic E-state index is 13.1. The summed E-state index contributed by atoms with van der Waals surface area (Å²) in [5.74, 6) is 1.63. The Morgan fingerprint density at radius 3 is 2.52 bits per heavy atom. The molecular formula is C25H28N2O2. The van der Waals surface area contributed by atoms with E-state index in [0.717, 1.165) is 36.4 Å². The van der Waals surface area contributed by atoms with Crippen molar-refractivity contribution in [2.75, 3.05) is 6.54 Å². The molecule has 0 aliphatic carbocycles. The number of aromatic nitrogens is 1. The average molecular weight is 389 g/mol. The topological polar surface area (TPSA) is 46.3 Å². The molecule has 1 amide bonds. The van der Waals surface area contributed by atoms with Gasteiger partial charge in [0.25, 0.3) is 0 Å². The lowest BCUT2D eigenvalue weighted by atomic mass is 10.0. The van der Waals surface area contributed by atoms with Crippen molar-refractivity contribution in [2.45, 2.75) is 51.5 Å². The SMILES string of the molecule is Cc1nc(CCC(=O)N2CCCCCC2c2ccccc2)oc1-c1ccccc1. The van der Waals surface area contributed by atoms with Crippen molar-refractivity contribution in [1.82, 2.24) is 9.88 Å². The molecule has 0 spiro atoms. The zero-order valence-electron chi connectivity index (χ0n) is 17.0. The highest BCUT2D eigenvalue weighted by Crippen LogP contribution is 2.31. The van der Waals surface area contributed by atoms with Gasteiger partial charge in [0.1, 0.15) is 0 Å². The number of aryl methyl sites for hydroxylation is 2. The molecule has 1 fully saturated rings. The number of benzene rings is 2. The largest absolute Gasteiger partial charge is 0.440 e. The summed E-state index contributed by atoms with van der Waals surface area (Å²) in [6, 6.07) is 20.6. The van der Waals surface area contributed by atoms with Crippen molar-refractivity contribution in [3.63, 3.8) is 0 Å². The van der Waals surface area contributed by atoms with Crippen LogP contribution in [-0.2, 0) is 11.2 Å². The lowest BCUT2D eigenvalue weighted by Gasteiger charge is -2.30. The second-order valence-electron chi connectivity index (χ2n) is 7.75. The number of carbonyl (C=O) groups excluding carboxylic acids is 1. The van der Waals surface area contributed by atoms with Crippen LogP contribution in [0.3, 0.4) is 0 Å². The molecule has 0 radical (unpaired) electrons. The van der Waals surface area contributed by atoms with Crippen LogP contribution in [0.5, 0.6) is 0 Å². The molecule has 1 saturated heterocycles. The van der Waals surface area contributed by atoms with E-state index in [4.69, 9.17) is 4.42 Å². The van der Waals surface area contributed by atoms with Gasteiger partial charge in [-0.15, -0.1) is 0 Å². The van der Waals surface area contributed by atoms with E-state index in [0.29, 0.717) is 18.7 Å². The molecule has 4 rings (SSSR count). The van der Waals surface area contributed by atoms with Gasteiger partial charge in [-0.25, -0.2) is 4.98 Å². The van der Waals surface area contributed by atoms with Crippen molar-refractivity contribution >= 4 is 5.91 Å². The normalized spacial score (nSPS) is 17.1. The molecule has 1 aliphatic rings. The maximum Gasteiger partial charge on any atom is 0.223 e. The number of nitrogens with zero attached hydrogens (tertiary/aromatic N) is 2. The number of amides is 1. The number of carbonyl (C=O) groups is 1. The van der Waals surface area contributed by atoms with Crippen LogP contribution < -0.4 is 0 Å². The Kier molecular flexibility index (Phi) is 6.09. The molecule has 1 aromatic heterocycles. The fraction of sp³-hybridized carbons (Fsp3) is 0.360. The standard InChI is InChI=1S/C25H28N2O2/c1-19-25(21-13-7-3-8-14-21)29-23(26-19)16-17-24(28)27-18-10-4-9-15-22(27)20-11-5-2-6-12-20/h2-3,5-8,11-14,22H,4,9-10,15-18H2,1H3. The Morgan fingerprint density at radius 2 is 1.76 bits per heavy atom. The molecule has 1 atom stereocenters. The predicted molar refractivity (Wildman–Crippen MR) is 114 cm³/mol. The summed E-state index contributed by atoms with van der Waals surface area (Å²) in [5, 5.41) is 0. The van der Waals surface area contributed by atoms with Crippen molar-refractivity contribution in [3.05, 3.63) is 77.8 Å². The molecule has 29 heavy (non-hydrogen) atoms. The highest BCUT2D eigenvalue weighted by Gasteiger charge is 2.26. The fourth-order valence-corrected chi connectivity index (χ4v) is 4.20. The molecule has 150 valence electrons. The van der Waals surface area contributed by atoms with Crippen LogP contribution in [0.15, 0.2) is 65.1 Å². The number of hydrogen-bond donors (Lipinski definition) is 0. The number of oxazole rings is 1. The lowest BCUT2D eigenvalue weighted by Crippen LogP contribution is -2.35. The first-order valence-corrected chi connectivity index (χ1v) is 10.6. The van der Waals surface area contributed by atoms with Crippen molar-refractivity contribution in [3.8, 4) is 11.3 Å². The number of likely N-dealkylation sites (tertiary alicyclic amines) is 1. The highest BCUT2D eigenvalue weighted by molar-refractivity contribution is 5.77. The van der Waals surface area contributed by atoms with E-state index < -0.39 is 0 Å². The van der Waals surface area contributed by atoms with E-state index >= 15 is 0 Å². The first-order chi connectivity index (χ1) is 14.2. The van der Waals surface area contributed by atoms with Crippen LogP contribution in [0.1, 0.15) is 55.3 Å². The second-order valence-corrected chi connectivity index (χ2v) is 7.75. The van der Waals surface area contributed by atoms with Gasteiger partial charge in [-0.1, -0.05) is 73.5 Å². The summed E-state index contributed by atoms with van der Waals surface area (Å²) in [6.45, 7) is 2.79. The Labute approximate surface area is 172 Å². The smallest absolute Gasteiger partial charge is 0.223 e. The van der Waals surface area contributed by atoms with Crippen molar-refractivity contribution in [1.29, 1.82) is 0 Å². The van der Waals surface area contributed by atoms with Crippen LogP contribution in [0.4, 0.5) is 0 Å². The van der Waals surface area contributed by atoms with Gasteiger partial charge in [0.15, 0.2) is 11.7 Å². The lowest BCUT2D eigenvalue weighted by molar-refractivity contribution is -0.133. The van der Waals surface area contributed by atoms with Gasteiger partial charge in [-0.05, 0) is 25.3 Å². The molecule has 4 heteroatoms. The van der Waals surface area contributed by atoms with Crippen LogP contribution in [0.25, 0.3) is 11.3 Å². The molecule has 1 unspecified atom stereocenters. The van der Waals surface area contributed by atoms with E-state index in [9.17, 15) is 4.79 Å². The molecular weight excluding hydrogens is 360 g/mol. The third-order valence-electron chi connectivity index (χ3n) is 5.69. The average Bonchev–Trinajstić information content (AvgIpc) is 2.97. The van der Waals surface area contributed by atoms with Crippen LogP contribution in [0.2, 0.25) is 0 Å². The van der Waals surface area contributed by atoms with Gasteiger partial charge < -0.3 is 9.32 Å². The van der Waals surface area contributed by atoms with E-state index in [1.807, 2.05) is 43.3 Å². The first-order valence-electron chi connectivity index (χ1n) is 10.6. The number of hydrogen-bond acceptors (Lipinski definition) is 3. The Bertz CT molecular complexity index is 934. The summed E-state index contributed by atoms with van der Waals surface area (Å²) < 4.78 is 5.99. The Balaban J connectivity index is 1.46. The molecule has 4 nitrogen and oxygen atoms in total. The van der Waals surface area contributed by atoms with E-state index in [-0.39, 0.29) is 11.9 Å². The van der Waals surface area contributed by atoms with Crippen LogP contribution in [0, 0.1) is 6.92 Å². The summed E-state index contributed by atoms with van der Waals surface area (Å²) >= 11 is 0.